The molecule has 0 fully saturated rings. The van der Waals surface area contributed by atoms with E-state index >= 15 is 0 Å². The Morgan fingerprint density at radius 3 is 2.31 bits per heavy atom. The van der Waals surface area contributed by atoms with Gasteiger partial charge in [-0.15, -0.1) is 0 Å². The van der Waals surface area contributed by atoms with Crippen molar-refractivity contribution in [3.63, 3.8) is 0 Å². The molecular formula is C27H30N4O4. The van der Waals surface area contributed by atoms with Gasteiger partial charge in [-0.2, -0.15) is 0 Å². The van der Waals surface area contributed by atoms with Crippen LogP contribution in [0.1, 0.15) is 55.1 Å². The second kappa shape index (κ2) is 9.74. The molecule has 0 saturated heterocycles. The van der Waals surface area contributed by atoms with Crippen molar-refractivity contribution in [2.24, 2.45) is 5.92 Å². The molecule has 0 bridgehead atoms. The van der Waals surface area contributed by atoms with Crippen LogP contribution in [0.25, 0.3) is 16.9 Å². The Kier molecular flexibility index (Phi) is 6.73. The number of hydrogen-bond donors (Lipinski definition) is 0. The maximum atomic E-state index is 13.6. The third-order valence-electron chi connectivity index (χ3n) is 6.03. The third-order valence-corrected chi connectivity index (χ3v) is 6.03. The van der Waals surface area contributed by atoms with E-state index in [1.54, 1.807) is 16.7 Å². The number of methoxy groups -OCH3 is 1. The fraction of sp³-hybridized carbons (Fsp3) is 0.333. The monoisotopic (exact) mass is 474 g/mol. The van der Waals surface area contributed by atoms with Crippen LogP contribution in [0.15, 0.2) is 64.4 Å². The minimum absolute atomic E-state index is 0.0889. The summed E-state index contributed by atoms with van der Waals surface area (Å²) in [5, 5.41) is 0. The molecular weight excluding hydrogens is 444 g/mol. The number of nitrogens with zero attached hydrogens (tertiary/aromatic N) is 4. The van der Waals surface area contributed by atoms with E-state index in [1.807, 2.05) is 50.2 Å². The van der Waals surface area contributed by atoms with Gasteiger partial charge in [-0.1, -0.05) is 58.0 Å². The smallest absolute Gasteiger partial charge is 0.338 e. The van der Waals surface area contributed by atoms with Gasteiger partial charge in [-0.05, 0) is 41.2 Å². The Morgan fingerprint density at radius 1 is 1.00 bits per heavy atom. The maximum Gasteiger partial charge on any atom is 0.338 e. The lowest BCUT2D eigenvalue weighted by Gasteiger charge is -2.15. The molecule has 0 radical (unpaired) electrons. The van der Waals surface area contributed by atoms with Crippen LogP contribution >= 0.6 is 0 Å². The van der Waals surface area contributed by atoms with Crippen LogP contribution < -0.4 is 11.2 Å². The molecule has 0 aliphatic heterocycles. The van der Waals surface area contributed by atoms with Gasteiger partial charge in [0.2, 0.25) is 0 Å². The Hall–Kier alpha value is -3.94. The first-order chi connectivity index (χ1) is 16.7. The van der Waals surface area contributed by atoms with Crippen LogP contribution in [0.3, 0.4) is 0 Å². The predicted octanol–water partition coefficient (Wildman–Crippen LogP) is 3.96. The molecule has 0 saturated carbocycles. The number of hydrogen-bond acceptors (Lipinski definition) is 5. The zero-order valence-electron chi connectivity index (χ0n) is 20.7. The summed E-state index contributed by atoms with van der Waals surface area (Å²) in [6, 6.07) is 14.8. The summed E-state index contributed by atoms with van der Waals surface area (Å²) in [4.78, 5) is 43.8. The first kappa shape index (κ1) is 24.2. The molecule has 2 heterocycles. The van der Waals surface area contributed by atoms with Crippen molar-refractivity contribution in [2.75, 3.05) is 7.11 Å². The zero-order valence-corrected chi connectivity index (χ0v) is 20.7. The SMILES string of the molecule is COC(=O)c1ccccc1Cn1cnc2c1c(=O)n(CC(C)C)c(=O)n2-c1ccc(C(C)C)cc1. The van der Waals surface area contributed by atoms with Gasteiger partial charge >= 0.3 is 11.7 Å². The number of aromatic nitrogens is 4. The zero-order chi connectivity index (χ0) is 25.3. The van der Waals surface area contributed by atoms with Crippen molar-refractivity contribution in [3.05, 3.63) is 92.4 Å². The largest absolute Gasteiger partial charge is 0.465 e. The minimum Gasteiger partial charge on any atom is -0.465 e. The van der Waals surface area contributed by atoms with E-state index in [9.17, 15) is 14.4 Å². The first-order valence-electron chi connectivity index (χ1n) is 11.7. The molecule has 4 rings (SSSR count). The Balaban J connectivity index is 1.95. The standard InChI is InChI=1S/C27H30N4O4/c1-17(2)14-30-25(32)23-24(31(27(30)34)21-12-10-19(11-13-21)18(3)4)28-16-29(23)15-20-8-6-7-9-22(20)26(33)35-5/h6-13,16-18H,14-15H2,1-5H3. The van der Waals surface area contributed by atoms with Crippen LogP contribution in [0.5, 0.6) is 0 Å². The van der Waals surface area contributed by atoms with E-state index in [2.05, 4.69) is 18.8 Å². The summed E-state index contributed by atoms with van der Waals surface area (Å²) in [5.41, 5.74) is 2.66. The predicted molar refractivity (Wildman–Crippen MR) is 135 cm³/mol. The normalized spacial score (nSPS) is 11.5. The number of benzene rings is 2. The van der Waals surface area contributed by atoms with Gasteiger partial charge in [0.15, 0.2) is 11.2 Å². The molecule has 2 aromatic carbocycles. The molecule has 8 nitrogen and oxygen atoms in total. The number of rotatable bonds is 7. The highest BCUT2D eigenvalue weighted by Gasteiger charge is 2.21. The number of fused-ring (bicyclic) bond motifs is 1. The summed E-state index contributed by atoms with van der Waals surface area (Å²) >= 11 is 0. The summed E-state index contributed by atoms with van der Waals surface area (Å²) in [7, 11) is 1.33. The van der Waals surface area contributed by atoms with Gasteiger partial charge in [-0.25, -0.2) is 19.1 Å². The average molecular weight is 475 g/mol. The van der Waals surface area contributed by atoms with E-state index in [0.29, 0.717) is 28.2 Å². The summed E-state index contributed by atoms with van der Waals surface area (Å²) in [5.74, 6) is -0.0137. The fourth-order valence-corrected chi connectivity index (χ4v) is 4.22. The molecule has 0 unspecified atom stereocenters. The quantitative estimate of drug-likeness (QED) is 0.378. The van der Waals surface area contributed by atoms with Gasteiger partial charge in [0, 0.05) is 6.54 Å². The van der Waals surface area contributed by atoms with E-state index in [1.165, 1.54) is 22.6 Å². The lowest BCUT2D eigenvalue weighted by molar-refractivity contribution is 0.0599. The van der Waals surface area contributed by atoms with Gasteiger partial charge < -0.3 is 9.30 Å². The number of carbonyl (C=O) groups is 1. The highest BCUT2D eigenvalue weighted by Crippen LogP contribution is 2.20. The molecule has 0 atom stereocenters. The molecule has 8 heteroatoms. The second-order valence-corrected chi connectivity index (χ2v) is 9.37. The van der Waals surface area contributed by atoms with Gasteiger partial charge in [0.05, 0.1) is 31.2 Å². The first-order valence-corrected chi connectivity index (χ1v) is 11.7. The van der Waals surface area contributed by atoms with Crippen LogP contribution in [0.4, 0.5) is 0 Å². The molecule has 0 aliphatic rings. The average Bonchev–Trinajstić information content (AvgIpc) is 3.25. The van der Waals surface area contributed by atoms with Crippen LogP contribution in [-0.4, -0.2) is 31.8 Å². The lowest BCUT2D eigenvalue weighted by atomic mass is 10.0. The molecule has 0 N–H and O–H groups in total. The number of imidazole rings is 1. The number of esters is 1. The van der Waals surface area contributed by atoms with Crippen molar-refractivity contribution < 1.29 is 9.53 Å². The Morgan fingerprint density at radius 2 is 1.69 bits per heavy atom. The second-order valence-electron chi connectivity index (χ2n) is 9.37. The fourth-order valence-electron chi connectivity index (χ4n) is 4.22. The summed E-state index contributed by atoms with van der Waals surface area (Å²) < 4.78 is 9.37. The van der Waals surface area contributed by atoms with Gasteiger partial charge in [0.1, 0.15) is 0 Å². The summed E-state index contributed by atoms with van der Waals surface area (Å²) in [6.45, 7) is 8.64. The summed E-state index contributed by atoms with van der Waals surface area (Å²) in [6.07, 6.45) is 1.54. The third kappa shape index (κ3) is 4.56. The highest BCUT2D eigenvalue weighted by molar-refractivity contribution is 5.91. The Bertz CT molecular complexity index is 1490. The van der Waals surface area contributed by atoms with Crippen molar-refractivity contribution in [1.82, 2.24) is 18.7 Å². The molecule has 0 spiro atoms. The van der Waals surface area contributed by atoms with Crippen LogP contribution in [0.2, 0.25) is 0 Å². The van der Waals surface area contributed by atoms with Crippen molar-refractivity contribution in [3.8, 4) is 5.69 Å². The Labute approximate surface area is 203 Å². The van der Waals surface area contributed by atoms with Crippen molar-refractivity contribution in [1.29, 1.82) is 0 Å². The van der Waals surface area contributed by atoms with Crippen molar-refractivity contribution in [2.45, 2.75) is 46.7 Å². The van der Waals surface area contributed by atoms with Crippen molar-refractivity contribution >= 4 is 17.1 Å². The maximum absolute atomic E-state index is 13.6. The van der Waals surface area contributed by atoms with E-state index in [0.717, 1.165) is 5.56 Å². The van der Waals surface area contributed by atoms with E-state index < -0.39 is 17.2 Å². The van der Waals surface area contributed by atoms with Crippen LogP contribution in [0, 0.1) is 5.92 Å². The molecule has 182 valence electrons. The molecule has 0 amide bonds. The van der Waals surface area contributed by atoms with E-state index in [-0.39, 0.29) is 24.7 Å². The molecule has 4 aromatic rings. The lowest BCUT2D eigenvalue weighted by Crippen LogP contribution is -2.41. The molecule has 2 aromatic heterocycles. The molecule has 0 aliphatic carbocycles. The van der Waals surface area contributed by atoms with E-state index in [4.69, 9.17) is 4.74 Å². The van der Waals surface area contributed by atoms with Crippen LogP contribution in [-0.2, 0) is 17.8 Å². The topological polar surface area (TPSA) is 88.1 Å². The van der Waals surface area contributed by atoms with Gasteiger partial charge in [-0.3, -0.25) is 9.36 Å². The van der Waals surface area contributed by atoms with Gasteiger partial charge in [0.25, 0.3) is 5.56 Å². The number of carbonyl (C=O) groups excluding carboxylic acids is 1. The molecule has 35 heavy (non-hydrogen) atoms. The number of ether oxygens (including phenoxy) is 1. The highest BCUT2D eigenvalue weighted by atomic mass is 16.5. The minimum atomic E-state index is -0.454.